The molecule has 11 aliphatic rings. The van der Waals surface area contributed by atoms with Crippen LogP contribution in [0.25, 0.3) is 0 Å². The molecule has 18 N–H and O–H groups in total. The fourth-order valence-corrected chi connectivity index (χ4v) is 19.1. The number of carboxylic acid groups (broad SMARTS) is 1. The monoisotopic (exact) mass is 1400 g/mol. The van der Waals surface area contributed by atoms with Crippen molar-refractivity contribution in [2.75, 3.05) is 26.4 Å². The standard InChI is InChI=1S/C65H104O32/c1-24-34(69)38(73)43(78)54(87-24)93-48-29(22-68)90-53(46(81)41(48)76)86-23-30-37(72)40(75)45(80)57(91-30)97-59(85)65-17-15-60(2,3)19-26(65)25-9-10-32-62(6)13-12-33(61(4,5)31(62)11-14-64(32,8)63(25,7)16-18-65)92-58-50(95-56-44(79)39(74)35(70)27(20-66)88-56)47(82)49(51(96-58)52(83)84)94-55-42(77)36(71)28(21-67)89-55/h9,24,26-51,53-58,66-82H,10-23H2,1-8H3,(H,83,84)/t24-,26-,27+,28-,29+,30+,31-,32+,33-,34-,35-,36-,37+,38+,39-,40-,41+,42+,43+,44+,45+,46+,47-,48+,49-,50+,51-,53+,54-,55-,56-,57-,58+,62-,63+,64+,65-/m0/s1. The summed E-state index contributed by atoms with van der Waals surface area (Å²) in [4.78, 5) is 28.5. The fourth-order valence-electron chi connectivity index (χ4n) is 19.1. The lowest BCUT2D eigenvalue weighted by molar-refractivity contribution is -0.383. The molecule has 0 spiro atoms. The largest absolute Gasteiger partial charge is 0.479 e. The molecule has 97 heavy (non-hydrogen) atoms. The number of ether oxygens (including phenoxy) is 12. The summed E-state index contributed by atoms with van der Waals surface area (Å²) in [7, 11) is 0. The van der Waals surface area contributed by atoms with Crippen molar-refractivity contribution in [3.8, 4) is 0 Å². The number of fused-ring (bicyclic) bond motifs is 7. The summed E-state index contributed by atoms with van der Waals surface area (Å²) >= 11 is 0. The molecule has 6 heterocycles. The summed E-state index contributed by atoms with van der Waals surface area (Å²) < 4.78 is 71.2. The number of carbonyl (C=O) groups is 2. The molecule has 32 nitrogen and oxygen atoms in total. The summed E-state index contributed by atoms with van der Waals surface area (Å²) in [5.74, 6) is -2.64. The summed E-state index contributed by atoms with van der Waals surface area (Å²) in [5.41, 5.74) is -2.14. The Hall–Kier alpha value is -2.44. The van der Waals surface area contributed by atoms with Gasteiger partial charge in [0.25, 0.3) is 0 Å². The summed E-state index contributed by atoms with van der Waals surface area (Å²) in [5, 5.41) is 194. The van der Waals surface area contributed by atoms with Crippen LogP contribution < -0.4 is 0 Å². The molecule has 0 amide bonds. The molecule has 0 aromatic heterocycles. The van der Waals surface area contributed by atoms with Crippen molar-refractivity contribution in [2.45, 2.75) is 304 Å². The highest BCUT2D eigenvalue weighted by Gasteiger charge is 2.71. The van der Waals surface area contributed by atoms with Crippen LogP contribution in [-0.4, -0.2) is 315 Å². The lowest BCUT2D eigenvalue weighted by atomic mass is 9.33. The van der Waals surface area contributed by atoms with Gasteiger partial charge >= 0.3 is 11.9 Å². The molecule has 37 atom stereocenters. The van der Waals surface area contributed by atoms with E-state index in [2.05, 4.69) is 54.5 Å². The first-order valence-corrected chi connectivity index (χ1v) is 34.1. The van der Waals surface area contributed by atoms with Crippen molar-refractivity contribution in [2.24, 2.45) is 50.2 Å². The van der Waals surface area contributed by atoms with Crippen LogP contribution >= 0.6 is 0 Å². The smallest absolute Gasteiger partial charge is 0.335 e. The molecule has 0 bridgehead atoms. The topological polar surface area (TPSA) is 509 Å². The zero-order valence-electron chi connectivity index (χ0n) is 55.8. The Bertz CT molecular complexity index is 2780. The highest BCUT2D eigenvalue weighted by atomic mass is 16.8. The van der Waals surface area contributed by atoms with Crippen LogP contribution in [0.15, 0.2) is 11.6 Å². The summed E-state index contributed by atoms with van der Waals surface area (Å²) in [6.45, 7) is 13.7. The van der Waals surface area contributed by atoms with E-state index in [0.29, 0.717) is 57.8 Å². The maximum atomic E-state index is 15.3. The van der Waals surface area contributed by atoms with Crippen molar-refractivity contribution in [1.82, 2.24) is 0 Å². The van der Waals surface area contributed by atoms with Gasteiger partial charge in [-0.3, -0.25) is 4.79 Å². The predicted octanol–water partition coefficient (Wildman–Crippen LogP) is -4.63. The van der Waals surface area contributed by atoms with E-state index < -0.39 is 239 Å². The van der Waals surface area contributed by atoms with E-state index in [1.807, 2.05) is 0 Å². The number of hydrogen-bond acceptors (Lipinski definition) is 31. The molecular weight excluding hydrogens is 1290 g/mol. The molecule has 0 aromatic rings. The summed E-state index contributed by atoms with van der Waals surface area (Å²) in [6, 6.07) is 0. The second kappa shape index (κ2) is 28.2. The highest BCUT2D eigenvalue weighted by Crippen LogP contribution is 2.76. The quantitative estimate of drug-likeness (QED) is 0.0370. The van der Waals surface area contributed by atoms with Crippen LogP contribution in [0.5, 0.6) is 0 Å². The Labute approximate surface area is 560 Å². The number of hydrogen-bond donors (Lipinski definition) is 18. The van der Waals surface area contributed by atoms with Gasteiger partial charge in [0.05, 0.1) is 44.1 Å². The molecular formula is C65H104O32. The van der Waals surface area contributed by atoms with Gasteiger partial charge in [0.2, 0.25) is 6.29 Å². The van der Waals surface area contributed by atoms with E-state index in [0.717, 1.165) is 12.0 Å². The average molecular weight is 1400 g/mol. The molecule has 4 saturated carbocycles. The summed E-state index contributed by atoms with van der Waals surface area (Å²) in [6.07, 6.45) is -43.3. The highest BCUT2D eigenvalue weighted by molar-refractivity contribution is 5.79. The van der Waals surface area contributed by atoms with Gasteiger partial charge in [0.15, 0.2) is 37.6 Å². The molecule has 556 valence electrons. The normalized spacial score (nSPS) is 53.5. The van der Waals surface area contributed by atoms with Gasteiger partial charge in [-0.05, 0) is 116 Å². The van der Waals surface area contributed by atoms with Crippen LogP contribution in [0.3, 0.4) is 0 Å². The third-order valence-corrected chi connectivity index (χ3v) is 25.2. The number of allylic oxidation sites excluding steroid dienone is 2. The van der Waals surface area contributed by atoms with Crippen molar-refractivity contribution >= 4 is 11.9 Å². The van der Waals surface area contributed by atoms with Gasteiger partial charge < -0.3 is 149 Å². The van der Waals surface area contributed by atoms with Crippen LogP contribution in [0.4, 0.5) is 0 Å². The second-order valence-electron chi connectivity index (χ2n) is 31.5. The van der Waals surface area contributed by atoms with E-state index >= 15 is 4.79 Å². The Morgan fingerprint density at radius 3 is 1.62 bits per heavy atom. The lowest BCUT2D eigenvalue weighted by Crippen LogP contribution is -2.68. The number of aliphatic carboxylic acids is 1. The molecule has 6 saturated heterocycles. The molecule has 32 heteroatoms. The Morgan fingerprint density at radius 2 is 1.00 bits per heavy atom. The molecule has 0 radical (unpaired) electrons. The van der Waals surface area contributed by atoms with E-state index in [9.17, 15) is 96.7 Å². The van der Waals surface area contributed by atoms with Gasteiger partial charge in [0.1, 0.15) is 128 Å². The lowest BCUT2D eigenvalue weighted by Gasteiger charge is -2.71. The second-order valence-corrected chi connectivity index (χ2v) is 31.5. The van der Waals surface area contributed by atoms with Crippen molar-refractivity contribution in [3.05, 3.63) is 11.6 Å². The zero-order chi connectivity index (χ0) is 70.9. The Kier molecular flexibility index (Phi) is 22.0. The van der Waals surface area contributed by atoms with E-state index in [1.54, 1.807) is 0 Å². The fraction of sp³-hybridized carbons (Fsp3) is 0.938. The van der Waals surface area contributed by atoms with Crippen LogP contribution in [0.1, 0.15) is 120 Å². The minimum atomic E-state index is -2.07. The first-order valence-electron chi connectivity index (χ1n) is 34.1. The van der Waals surface area contributed by atoms with Crippen LogP contribution in [0.2, 0.25) is 0 Å². The van der Waals surface area contributed by atoms with Crippen LogP contribution in [0, 0.1) is 50.2 Å². The maximum absolute atomic E-state index is 15.3. The zero-order valence-corrected chi connectivity index (χ0v) is 55.8. The third-order valence-electron chi connectivity index (χ3n) is 25.2. The van der Waals surface area contributed by atoms with E-state index in [-0.39, 0.29) is 34.0 Å². The van der Waals surface area contributed by atoms with Gasteiger partial charge in [-0.1, -0.05) is 60.1 Å². The average Bonchev–Trinajstić information content (AvgIpc) is 0.943. The van der Waals surface area contributed by atoms with Gasteiger partial charge in [-0.25, -0.2) is 4.79 Å². The number of carbonyl (C=O) groups excluding carboxylic acids is 1. The third kappa shape index (κ3) is 13.0. The van der Waals surface area contributed by atoms with Crippen LogP contribution in [-0.2, 0) is 66.4 Å². The number of carboxylic acids is 1. The van der Waals surface area contributed by atoms with E-state index in [1.165, 1.54) is 6.92 Å². The number of aliphatic hydroxyl groups is 17. The Balaban J connectivity index is 0.796. The minimum Gasteiger partial charge on any atom is -0.479 e. The molecule has 6 aliphatic heterocycles. The maximum Gasteiger partial charge on any atom is 0.335 e. The molecule has 11 rings (SSSR count). The molecule has 5 aliphatic carbocycles. The van der Waals surface area contributed by atoms with Gasteiger partial charge in [-0.15, -0.1) is 0 Å². The van der Waals surface area contributed by atoms with E-state index in [4.69, 9.17) is 56.8 Å². The molecule has 10 fully saturated rings. The van der Waals surface area contributed by atoms with Crippen molar-refractivity contribution in [1.29, 1.82) is 0 Å². The molecule has 0 unspecified atom stereocenters. The van der Waals surface area contributed by atoms with Gasteiger partial charge in [0, 0.05) is 0 Å². The first kappa shape index (κ1) is 75.7. The SMILES string of the molecule is C[C@@H]1O[C@@H](O[C@H]2[C@H](O)[C@@H](O)[C@H](OC[C@H]3O[C@@H](OC(=O)[C@]45CCC(C)(C)C[C@H]4C4=CC[C@@H]6[C@@]7(C)CC[C@H](O[C@@H]8O[C@H](C(=O)O)[C@@H](O[C@@H]9O[C@@H](CO)[C@H](O)[C@H]9O)[C@H](O)[C@H]8O[C@@H]8O[C@H](CO)[C@H](O)[C@H](O)[C@H]8O)C(C)(C)[C@@H]7CC[C@@]6(C)[C@]4(C)CC5)[C@H](O)[C@@H](O)[C@@H]3O)O[C@@H]2CO)[C@H](O)[C@H](O)[C@H]1O. The van der Waals surface area contributed by atoms with Gasteiger partial charge in [-0.2, -0.15) is 0 Å². The van der Waals surface area contributed by atoms with Crippen molar-refractivity contribution < 1.29 is 158 Å². The minimum absolute atomic E-state index is 0.0604. The number of rotatable bonds is 17. The predicted molar refractivity (Wildman–Crippen MR) is 321 cm³/mol. The number of esters is 1. The first-order chi connectivity index (χ1) is 45.4. The molecule has 0 aromatic carbocycles. The van der Waals surface area contributed by atoms with Crippen molar-refractivity contribution in [3.63, 3.8) is 0 Å². The number of aliphatic hydroxyl groups excluding tert-OH is 17. The Morgan fingerprint density at radius 1 is 0.485 bits per heavy atom.